The molecule has 0 aliphatic carbocycles. The van der Waals surface area contributed by atoms with Crippen molar-refractivity contribution >= 4 is 38.4 Å². The number of aromatic nitrogens is 3. The molecular formula is C25H21FN6O4S. The number of aryl methyl sites for hydroxylation is 1. The molecule has 0 unspecified atom stereocenters. The van der Waals surface area contributed by atoms with E-state index in [0.717, 1.165) is 6.07 Å². The van der Waals surface area contributed by atoms with Gasteiger partial charge in [0.1, 0.15) is 11.5 Å². The van der Waals surface area contributed by atoms with E-state index in [2.05, 4.69) is 15.6 Å². The second-order valence-corrected chi connectivity index (χ2v) is 9.75. The van der Waals surface area contributed by atoms with Gasteiger partial charge >= 0.3 is 0 Å². The third kappa shape index (κ3) is 4.55. The Hall–Kier alpha value is -4.55. The lowest BCUT2D eigenvalue weighted by atomic mass is 10.0. The molecule has 0 saturated carbocycles. The minimum atomic E-state index is -4.02. The molecule has 0 bridgehead atoms. The highest BCUT2D eigenvalue weighted by Gasteiger charge is 2.20. The number of halogens is 1. The van der Waals surface area contributed by atoms with Crippen LogP contribution < -0.4 is 16.2 Å². The maximum Gasteiger partial charge on any atom is 0.274 e. The molecule has 0 aliphatic rings. The maximum atomic E-state index is 15.1. The van der Waals surface area contributed by atoms with Gasteiger partial charge in [0.15, 0.2) is 11.4 Å². The average molecular weight is 521 g/mol. The number of benzene rings is 3. The van der Waals surface area contributed by atoms with Gasteiger partial charge in [0.2, 0.25) is 10.0 Å². The highest BCUT2D eigenvalue weighted by molar-refractivity contribution is 7.89. The summed E-state index contributed by atoms with van der Waals surface area (Å²) in [7, 11) is -4.02. The Morgan fingerprint density at radius 3 is 2.62 bits per heavy atom. The Morgan fingerprint density at radius 2 is 1.89 bits per heavy atom. The molecule has 37 heavy (non-hydrogen) atoms. The molecule has 3 aromatic carbocycles. The highest BCUT2D eigenvalue weighted by Crippen LogP contribution is 2.30. The third-order valence-electron chi connectivity index (χ3n) is 5.80. The van der Waals surface area contributed by atoms with Gasteiger partial charge in [-0.15, -0.1) is 0 Å². The minimum Gasteiger partial charge on any atom is -0.380 e. The summed E-state index contributed by atoms with van der Waals surface area (Å²) in [6.45, 7) is 1.90. The van der Waals surface area contributed by atoms with Crippen LogP contribution in [0, 0.1) is 5.82 Å². The zero-order valence-electron chi connectivity index (χ0n) is 19.5. The predicted molar refractivity (Wildman–Crippen MR) is 136 cm³/mol. The first-order valence-corrected chi connectivity index (χ1v) is 12.7. The zero-order chi connectivity index (χ0) is 26.3. The van der Waals surface area contributed by atoms with Crippen molar-refractivity contribution in [1.29, 1.82) is 0 Å². The van der Waals surface area contributed by atoms with Crippen LogP contribution in [0.5, 0.6) is 0 Å². The Bertz CT molecular complexity index is 1780. The normalized spacial score (nSPS) is 11.6. The third-order valence-corrected chi connectivity index (χ3v) is 6.77. The number of nitrogen functional groups attached to an aromatic ring is 1. The number of amides is 1. The number of carbonyl (C=O) groups is 1. The van der Waals surface area contributed by atoms with Crippen LogP contribution in [0.1, 0.15) is 23.1 Å². The second-order valence-electron chi connectivity index (χ2n) is 8.22. The SMILES string of the molecule is CCc1cc(C(=O)Nc2ccc(-c3ccccc3S(N)(=O)=O)cc2F)n(-c2ccc3onc(N)c3c2)n1. The van der Waals surface area contributed by atoms with Gasteiger partial charge in [0.25, 0.3) is 5.91 Å². The van der Waals surface area contributed by atoms with Crippen LogP contribution in [0.25, 0.3) is 27.8 Å². The summed E-state index contributed by atoms with van der Waals surface area (Å²) in [5, 5.41) is 16.7. The van der Waals surface area contributed by atoms with E-state index >= 15 is 4.39 Å². The molecule has 0 saturated heterocycles. The summed E-state index contributed by atoms with van der Waals surface area (Å²) in [6, 6.07) is 16.7. The van der Waals surface area contributed by atoms with Crippen molar-refractivity contribution < 1.29 is 22.1 Å². The van der Waals surface area contributed by atoms with Crippen LogP contribution >= 0.6 is 0 Å². The molecule has 0 aliphatic heterocycles. The fourth-order valence-electron chi connectivity index (χ4n) is 3.96. The summed E-state index contributed by atoms with van der Waals surface area (Å²) in [5.74, 6) is -1.14. The van der Waals surface area contributed by atoms with E-state index in [4.69, 9.17) is 15.4 Å². The van der Waals surface area contributed by atoms with Crippen LogP contribution in [0.15, 0.2) is 76.1 Å². The lowest BCUT2D eigenvalue weighted by Crippen LogP contribution is -2.17. The molecule has 1 amide bonds. The van der Waals surface area contributed by atoms with Crippen LogP contribution in [0.3, 0.4) is 0 Å². The van der Waals surface area contributed by atoms with Crippen molar-refractivity contribution in [3.63, 3.8) is 0 Å². The quantitative estimate of drug-likeness (QED) is 0.306. The van der Waals surface area contributed by atoms with Crippen LogP contribution in [0.2, 0.25) is 0 Å². The average Bonchev–Trinajstić information content (AvgIpc) is 3.48. The summed E-state index contributed by atoms with van der Waals surface area (Å²) >= 11 is 0. The van der Waals surface area contributed by atoms with Crippen molar-refractivity contribution in [3.05, 3.63) is 83.9 Å². The molecule has 0 atom stereocenters. The number of primary sulfonamides is 1. The fraction of sp³-hybridized carbons (Fsp3) is 0.0800. The zero-order valence-corrected chi connectivity index (χ0v) is 20.3. The first-order chi connectivity index (χ1) is 17.7. The van der Waals surface area contributed by atoms with E-state index in [1.807, 2.05) is 6.92 Å². The van der Waals surface area contributed by atoms with Gasteiger partial charge in [0.05, 0.1) is 27.4 Å². The first-order valence-electron chi connectivity index (χ1n) is 11.1. The monoisotopic (exact) mass is 520 g/mol. The molecule has 12 heteroatoms. The Kier molecular flexibility index (Phi) is 5.97. The van der Waals surface area contributed by atoms with E-state index in [1.165, 1.54) is 35.0 Å². The molecule has 0 radical (unpaired) electrons. The van der Waals surface area contributed by atoms with Crippen molar-refractivity contribution in [1.82, 2.24) is 14.9 Å². The number of sulfonamides is 1. The number of nitrogens with one attached hydrogen (secondary N) is 1. The number of hydrogen-bond acceptors (Lipinski definition) is 7. The van der Waals surface area contributed by atoms with Crippen LogP contribution in [-0.4, -0.2) is 29.3 Å². The predicted octanol–water partition coefficient (Wildman–Crippen LogP) is 3.86. The molecule has 188 valence electrons. The van der Waals surface area contributed by atoms with Crippen molar-refractivity contribution in [2.45, 2.75) is 18.2 Å². The molecular weight excluding hydrogens is 499 g/mol. The van der Waals surface area contributed by atoms with Crippen LogP contribution in [-0.2, 0) is 16.4 Å². The number of nitrogens with zero attached hydrogens (tertiary/aromatic N) is 3. The molecule has 5 aromatic rings. The number of rotatable bonds is 6. The lowest BCUT2D eigenvalue weighted by Gasteiger charge is -2.12. The smallest absolute Gasteiger partial charge is 0.274 e. The van der Waals surface area contributed by atoms with Gasteiger partial charge in [-0.25, -0.2) is 22.6 Å². The summed E-state index contributed by atoms with van der Waals surface area (Å²) < 4.78 is 45.5. The number of nitrogens with two attached hydrogens (primary N) is 2. The number of anilines is 2. The largest absolute Gasteiger partial charge is 0.380 e. The Morgan fingerprint density at radius 1 is 1.11 bits per heavy atom. The van der Waals surface area contributed by atoms with Gasteiger partial charge in [-0.3, -0.25) is 4.79 Å². The van der Waals surface area contributed by atoms with E-state index < -0.39 is 21.7 Å². The molecule has 5 rings (SSSR count). The molecule has 5 N–H and O–H groups in total. The van der Waals surface area contributed by atoms with E-state index in [0.29, 0.717) is 28.8 Å². The second kappa shape index (κ2) is 9.15. The summed E-state index contributed by atoms with van der Waals surface area (Å²) in [5.41, 5.74) is 8.17. The van der Waals surface area contributed by atoms with E-state index in [9.17, 15) is 13.2 Å². The van der Waals surface area contributed by atoms with Crippen molar-refractivity contribution in [2.75, 3.05) is 11.1 Å². The Balaban J connectivity index is 1.48. The maximum absolute atomic E-state index is 15.1. The lowest BCUT2D eigenvalue weighted by molar-refractivity contribution is 0.101. The van der Waals surface area contributed by atoms with Crippen LogP contribution in [0.4, 0.5) is 15.9 Å². The number of hydrogen-bond donors (Lipinski definition) is 3. The number of carbonyl (C=O) groups excluding carboxylic acids is 1. The molecule has 10 nitrogen and oxygen atoms in total. The fourth-order valence-corrected chi connectivity index (χ4v) is 4.72. The van der Waals surface area contributed by atoms with Crippen molar-refractivity contribution in [2.24, 2.45) is 5.14 Å². The van der Waals surface area contributed by atoms with Gasteiger partial charge < -0.3 is 15.6 Å². The first kappa shape index (κ1) is 24.2. The summed E-state index contributed by atoms with van der Waals surface area (Å²) in [6.07, 6.45) is 0.567. The standard InChI is InChI=1S/C25H21FN6O4S/c1-2-15-12-21(32(30-15)16-8-10-22-18(13-16)24(27)31-36-22)25(33)29-20-9-7-14(11-19(20)26)17-5-3-4-6-23(17)37(28,34)35/h3-13H,2H2,1H3,(H2,27,31)(H,29,33)(H2,28,34,35). The van der Waals surface area contributed by atoms with Crippen molar-refractivity contribution in [3.8, 4) is 16.8 Å². The van der Waals surface area contributed by atoms with Gasteiger partial charge in [0, 0.05) is 5.56 Å². The van der Waals surface area contributed by atoms with Gasteiger partial charge in [-0.2, -0.15) is 5.10 Å². The van der Waals surface area contributed by atoms with Gasteiger partial charge in [-0.05, 0) is 54.4 Å². The number of fused-ring (bicyclic) bond motifs is 1. The highest BCUT2D eigenvalue weighted by atomic mass is 32.2. The minimum absolute atomic E-state index is 0.0913. The van der Waals surface area contributed by atoms with Gasteiger partial charge in [-0.1, -0.05) is 36.3 Å². The molecule has 0 spiro atoms. The summed E-state index contributed by atoms with van der Waals surface area (Å²) in [4.78, 5) is 13.1. The molecule has 0 fully saturated rings. The van der Waals surface area contributed by atoms with E-state index in [1.54, 1.807) is 30.3 Å². The molecule has 2 heterocycles. The molecule has 2 aromatic heterocycles. The Labute approximate surface area is 210 Å². The van der Waals surface area contributed by atoms with E-state index in [-0.39, 0.29) is 33.2 Å². The topological polar surface area (TPSA) is 159 Å².